The predicted molar refractivity (Wildman–Crippen MR) is 100.0 cm³/mol. The number of aromatic nitrogens is 2. The number of hydrogen-bond donors (Lipinski definition) is 2. The highest BCUT2D eigenvalue weighted by Crippen LogP contribution is 2.18. The third-order valence-electron chi connectivity index (χ3n) is 3.68. The van der Waals surface area contributed by atoms with Crippen LogP contribution in [0.3, 0.4) is 0 Å². The van der Waals surface area contributed by atoms with E-state index in [1.807, 2.05) is 26.0 Å². The zero-order valence-electron chi connectivity index (χ0n) is 14.6. The van der Waals surface area contributed by atoms with Crippen LogP contribution in [0.1, 0.15) is 16.7 Å². The Balaban J connectivity index is 1.61. The lowest BCUT2D eigenvalue weighted by molar-refractivity contribution is -0.115. The number of hydrogen-bond acceptors (Lipinski definition) is 4. The van der Waals surface area contributed by atoms with Gasteiger partial charge in [0.2, 0.25) is 5.91 Å². The molecule has 0 saturated heterocycles. The molecule has 0 saturated carbocycles. The van der Waals surface area contributed by atoms with Crippen LogP contribution in [-0.2, 0) is 11.2 Å². The first kappa shape index (κ1) is 17.5. The number of carbonyl (C=O) groups excluding carboxylic acids is 1. The summed E-state index contributed by atoms with van der Waals surface area (Å²) in [5.41, 5.74) is 3.84. The van der Waals surface area contributed by atoms with Gasteiger partial charge < -0.3 is 10.6 Å². The minimum absolute atomic E-state index is 0.0714. The number of aryl methyl sites for hydroxylation is 2. The van der Waals surface area contributed by atoms with Crippen molar-refractivity contribution in [2.75, 3.05) is 10.6 Å². The minimum atomic E-state index is -0.364. The Morgan fingerprint density at radius 2 is 1.65 bits per heavy atom. The van der Waals surface area contributed by atoms with E-state index in [2.05, 4.69) is 26.9 Å². The molecule has 2 aromatic carbocycles. The molecule has 0 aliphatic rings. The van der Waals surface area contributed by atoms with Crippen LogP contribution in [-0.4, -0.2) is 16.1 Å². The number of carbonyl (C=O) groups is 1. The summed E-state index contributed by atoms with van der Waals surface area (Å²) >= 11 is 0. The molecule has 0 atom stereocenters. The average molecular weight is 350 g/mol. The first-order valence-corrected chi connectivity index (χ1v) is 8.21. The lowest BCUT2D eigenvalue weighted by Crippen LogP contribution is -2.15. The Morgan fingerprint density at radius 3 is 2.31 bits per heavy atom. The second-order valence-electron chi connectivity index (χ2n) is 6.16. The Morgan fingerprint density at radius 1 is 0.962 bits per heavy atom. The minimum Gasteiger partial charge on any atom is -0.339 e. The molecular weight excluding hydrogens is 331 g/mol. The second kappa shape index (κ2) is 7.74. The van der Waals surface area contributed by atoms with E-state index in [0.29, 0.717) is 17.2 Å². The molecule has 0 aliphatic carbocycles. The molecule has 0 fully saturated rings. The molecule has 3 rings (SSSR count). The Bertz CT molecular complexity index is 905. The average Bonchev–Trinajstić information content (AvgIpc) is 2.55. The van der Waals surface area contributed by atoms with E-state index in [9.17, 15) is 9.18 Å². The van der Waals surface area contributed by atoms with Gasteiger partial charge in [-0.1, -0.05) is 18.2 Å². The molecule has 0 aliphatic heterocycles. The standard InChI is InChI=1S/C20H19FN4O/c1-13-8-14(2)10-17(9-13)22-18-6-7-19(25-24-18)23-20(26)12-15-4-3-5-16(21)11-15/h3-11H,12H2,1-2H3,(H,22,24)(H,23,25,26). The van der Waals surface area contributed by atoms with Crippen LogP contribution in [0.2, 0.25) is 0 Å². The monoisotopic (exact) mass is 350 g/mol. The fourth-order valence-corrected chi connectivity index (χ4v) is 2.68. The SMILES string of the molecule is Cc1cc(C)cc(Nc2ccc(NC(=O)Cc3cccc(F)c3)nn2)c1. The number of anilines is 3. The summed E-state index contributed by atoms with van der Waals surface area (Å²) in [6.07, 6.45) is 0.0714. The van der Waals surface area contributed by atoms with Gasteiger partial charge in [0.1, 0.15) is 5.82 Å². The van der Waals surface area contributed by atoms with Crippen molar-refractivity contribution in [1.82, 2.24) is 10.2 Å². The van der Waals surface area contributed by atoms with Gasteiger partial charge in [0.15, 0.2) is 11.6 Å². The topological polar surface area (TPSA) is 66.9 Å². The van der Waals surface area contributed by atoms with E-state index in [4.69, 9.17) is 0 Å². The first-order chi connectivity index (χ1) is 12.5. The van der Waals surface area contributed by atoms with Gasteiger partial charge in [-0.3, -0.25) is 4.79 Å². The first-order valence-electron chi connectivity index (χ1n) is 8.21. The van der Waals surface area contributed by atoms with Gasteiger partial charge in [-0.15, -0.1) is 10.2 Å². The molecule has 6 heteroatoms. The van der Waals surface area contributed by atoms with Crippen LogP contribution in [0, 0.1) is 19.7 Å². The molecular formula is C20H19FN4O. The molecule has 2 N–H and O–H groups in total. The summed E-state index contributed by atoms with van der Waals surface area (Å²) in [7, 11) is 0. The van der Waals surface area contributed by atoms with E-state index in [1.54, 1.807) is 24.3 Å². The van der Waals surface area contributed by atoms with Crippen molar-refractivity contribution >= 4 is 23.2 Å². The summed E-state index contributed by atoms with van der Waals surface area (Å²) in [6.45, 7) is 4.06. The maximum Gasteiger partial charge on any atom is 0.229 e. The highest BCUT2D eigenvalue weighted by atomic mass is 19.1. The highest BCUT2D eigenvalue weighted by Gasteiger charge is 2.07. The summed E-state index contributed by atoms with van der Waals surface area (Å²) < 4.78 is 13.2. The zero-order valence-corrected chi connectivity index (χ0v) is 14.6. The second-order valence-corrected chi connectivity index (χ2v) is 6.16. The molecule has 0 spiro atoms. The van der Waals surface area contributed by atoms with E-state index >= 15 is 0 Å². The van der Waals surface area contributed by atoms with Crippen molar-refractivity contribution in [3.63, 3.8) is 0 Å². The van der Waals surface area contributed by atoms with Gasteiger partial charge >= 0.3 is 0 Å². The van der Waals surface area contributed by atoms with Gasteiger partial charge in [0.05, 0.1) is 6.42 Å². The van der Waals surface area contributed by atoms with Gasteiger partial charge in [-0.25, -0.2) is 4.39 Å². The number of halogens is 1. The normalized spacial score (nSPS) is 10.4. The zero-order chi connectivity index (χ0) is 18.5. The molecule has 0 unspecified atom stereocenters. The van der Waals surface area contributed by atoms with Crippen LogP contribution in [0.15, 0.2) is 54.6 Å². The molecule has 132 valence electrons. The van der Waals surface area contributed by atoms with Crippen LogP contribution >= 0.6 is 0 Å². The lowest BCUT2D eigenvalue weighted by Gasteiger charge is -2.08. The van der Waals surface area contributed by atoms with E-state index in [0.717, 1.165) is 16.8 Å². The van der Waals surface area contributed by atoms with Crippen molar-refractivity contribution in [3.05, 3.63) is 77.1 Å². The van der Waals surface area contributed by atoms with Gasteiger partial charge in [-0.05, 0) is 66.9 Å². The summed E-state index contributed by atoms with van der Waals surface area (Å²) in [6, 6.07) is 15.5. The van der Waals surface area contributed by atoms with Gasteiger partial charge in [0, 0.05) is 5.69 Å². The van der Waals surface area contributed by atoms with Crippen LogP contribution in [0.5, 0.6) is 0 Å². The Labute approximate surface area is 151 Å². The fraction of sp³-hybridized carbons (Fsp3) is 0.150. The highest BCUT2D eigenvalue weighted by molar-refractivity contribution is 5.91. The van der Waals surface area contributed by atoms with Crippen molar-refractivity contribution < 1.29 is 9.18 Å². The largest absolute Gasteiger partial charge is 0.339 e. The number of rotatable bonds is 5. The summed E-state index contributed by atoms with van der Waals surface area (Å²) in [5, 5.41) is 13.9. The fourth-order valence-electron chi connectivity index (χ4n) is 2.68. The van der Waals surface area contributed by atoms with Gasteiger partial charge in [0.25, 0.3) is 0 Å². The van der Waals surface area contributed by atoms with Crippen LogP contribution < -0.4 is 10.6 Å². The number of nitrogens with one attached hydrogen (secondary N) is 2. The Kier molecular flexibility index (Phi) is 5.22. The molecule has 1 heterocycles. The summed E-state index contributed by atoms with van der Waals surface area (Å²) in [4.78, 5) is 12.0. The van der Waals surface area contributed by atoms with Crippen LogP contribution in [0.4, 0.5) is 21.7 Å². The van der Waals surface area contributed by atoms with E-state index in [1.165, 1.54) is 12.1 Å². The van der Waals surface area contributed by atoms with Crippen molar-refractivity contribution in [3.8, 4) is 0 Å². The van der Waals surface area contributed by atoms with Crippen molar-refractivity contribution in [1.29, 1.82) is 0 Å². The Hall–Kier alpha value is -3.28. The molecule has 5 nitrogen and oxygen atoms in total. The molecule has 26 heavy (non-hydrogen) atoms. The third-order valence-corrected chi connectivity index (χ3v) is 3.68. The van der Waals surface area contributed by atoms with Crippen molar-refractivity contribution in [2.45, 2.75) is 20.3 Å². The van der Waals surface area contributed by atoms with Crippen LogP contribution in [0.25, 0.3) is 0 Å². The smallest absolute Gasteiger partial charge is 0.229 e. The summed E-state index contributed by atoms with van der Waals surface area (Å²) in [5.74, 6) is 0.285. The number of benzene rings is 2. The quantitative estimate of drug-likeness (QED) is 0.725. The molecule has 1 aromatic heterocycles. The molecule has 0 radical (unpaired) electrons. The van der Waals surface area contributed by atoms with Gasteiger partial charge in [-0.2, -0.15) is 0 Å². The third kappa shape index (κ3) is 4.86. The predicted octanol–water partition coefficient (Wildman–Crippen LogP) is 4.16. The van der Waals surface area contributed by atoms with E-state index in [-0.39, 0.29) is 18.1 Å². The lowest BCUT2D eigenvalue weighted by atomic mass is 10.1. The molecule has 3 aromatic rings. The van der Waals surface area contributed by atoms with E-state index < -0.39 is 0 Å². The maximum absolute atomic E-state index is 13.2. The number of amides is 1. The molecule has 0 bridgehead atoms. The maximum atomic E-state index is 13.2. The number of nitrogens with zero attached hydrogens (tertiary/aromatic N) is 2. The molecule has 1 amide bonds. The van der Waals surface area contributed by atoms with Crippen molar-refractivity contribution in [2.24, 2.45) is 0 Å².